The number of aromatic nitrogens is 2. The Morgan fingerprint density at radius 3 is 2.11 bits per heavy atom. The van der Waals surface area contributed by atoms with E-state index in [0.29, 0.717) is 0 Å². The van der Waals surface area contributed by atoms with Crippen molar-refractivity contribution < 1.29 is 18.1 Å². The second-order valence-electron chi connectivity index (χ2n) is 6.08. The molecule has 2 rings (SSSR count). The number of hydrogen-bond acceptors (Lipinski definition) is 3. The molecule has 0 N–H and O–H groups in total. The van der Waals surface area contributed by atoms with Crippen molar-refractivity contribution in [3.8, 4) is 0 Å². The van der Waals surface area contributed by atoms with Crippen molar-refractivity contribution in [3.05, 3.63) is 11.9 Å². The van der Waals surface area contributed by atoms with Crippen molar-refractivity contribution in [3.63, 3.8) is 0 Å². The van der Waals surface area contributed by atoms with E-state index >= 15 is 0 Å². The lowest BCUT2D eigenvalue weighted by Crippen LogP contribution is -2.41. The zero-order chi connectivity index (χ0) is 14.6. The topological polar surface area (TPSA) is 36.3 Å². The highest BCUT2D eigenvalue weighted by Crippen LogP contribution is 2.37. The van der Waals surface area contributed by atoms with Crippen LogP contribution in [0.15, 0.2) is 6.20 Å². The van der Waals surface area contributed by atoms with E-state index in [-0.39, 0.29) is 11.2 Å². The summed E-state index contributed by atoms with van der Waals surface area (Å²) in [6, 6.07) is 0. The molecule has 4 nitrogen and oxygen atoms in total. The van der Waals surface area contributed by atoms with E-state index in [1.807, 2.05) is 27.7 Å². The van der Waals surface area contributed by atoms with Gasteiger partial charge < -0.3 is 9.31 Å². The van der Waals surface area contributed by atoms with Gasteiger partial charge in [0, 0.05) is 25.6 Å². The minimum atomic E-state index is -3.03. The molecule has 19 heavy (non-hydrogen) atoms. The Morgan fingerprint density at radius 2 is 1.68 bits per heavy atom. The van der Waals surface area contributed by atoms with E-state index in [1.165, 1.54) is 10.9 Å². The molecular formula is C12H19BF2N2O2. The van der Waals surface area contributed by atoms with Crippen LogP contribution in [0.1, 0.15) is 40.3 Å². The van der Waals surface area contributed by atoms with Crippen molar-refractivity contribution in [2.45, 2.75) is 51.7 Å². The predicted molar refractivity (Wildman–Crippen MR) is 68.5 cm³/mol. The summed E-state index contributed by atoms with van der Waals surface area (Å²) in [6.07, 6.45) is 1.52. The number of nitrogens with zero attached hydrogens (tertiary/aromatic N) is 2. The van der Waals surface area contributed by atoms with E-state index in [4.69, 9.17) is 9.31 Å². The Kier molecular flexibility index (Phi) is 3.06. The largest absolute Gasteiger partial charge is 0.498 e. The first kappa shape index (κ1) is 14.5. The first-order valence-corrected chi connectivity index (χ1v) is 6.21. The monoisotopic (exact) mass is 272 g/mol. The summed E-state index contributed by atoms with van der Waals surface area (Å²) in [5.41, 5.74) is -1.14. The zero-order valence-electron chi connectivity index (χ0n) is 12.1. The fraction of sp³-hybridized carbons (Fsp3) is 0.750. The molecule has 1 aliphatic rings. The quantitative estimate of drug-likeness (QED) is 0.771. The molecule has 0 aliphatic carbocycles. The number of hydrogen-bond donors (Lipinski definition) is 0. The molecule has 1 saturated heterocycles. The summed E-state index contributed by atoms with van der Waals surface area (Å²) < 4.78 is 40.1. The van der Waals surface area contributed by atoms with Gasteiger partial charge in [0.15, 0.2) is 0 Å². The predicted octanol–water partition coefficient (Wildman–Crippen LogP) is 1.83. The van der Waals surface area contributed by atoms with Gasteiger partial charge in [-0.05, 0) is 27.7 Å². The maximum absolute atomic E-state index is 13.6. The first-order chi connectivity index (χ1) is 8.44. The van der Waals surface area contributed by atoms with E-state index in [9.17, 15) is 8.78 Å². The van der Waals surface area contributed by atoms with Crippen molar-refractivity contribution in [1.29, 1.82) is 0 Å². The van der Waals surface area contributed by atoms with Gasteiger partial charge >= 0.3 is 7.12 Å². The molecule has 1 aromatic heterocycles. The maximum atomic E-state index is 13.6. The molecule has 0 spiro atoms. The number of aryl methyl sites for hydroxylation is 1. The van der Waals surface area contributed by atoms with Gasteiger partial charge in [0.2, 0.25) is 0 Å². The standard InChI is InChI=1S/C12H19BF2N2O2/c1-10(2)11(3,4)19-13(18-10)8-7-17(6)16-9(8)12(5,14)15/h7H,1-6H3. The van der Waals surface area contributed by atoms with Crippen LogP contribution in [0.25, 0.3) is 0 Å². The normalized spacial score (nSPS) is 22.0. The molecule has 0 aromatic carbocycles. The highest BCUT2D eigenvalue weighted by atomic mass is 19.3. The Balaban J connectivity index is 2.40. The van der Waals surface area contributed by atoms with Crippen molar-refractivity contribution in [2.75, 3.05) is 0 Å². The SMILES string of the molecule is Cn1cc(B2OC(C)(C)C(C)(C)O2)c(C(C)(F)F)n1. The second-order valence-corrected chi connectivity index (χ2v) is 6.08. The third kappa shape index (κ3) is 2.41. The summed E-state index contributed by atoms with van der Waals surface area (Å²) in [7, 11) is 0.781. The maximum Gasteiger partial charge on any atom is 0.498 e. The summed E-state index contributed by atoms with van der Waals surface area (Å²) >= 11 is 0. The highest BCUT2D eigenvalue weighted by Gasteiger charge is 2.54. The van der Waals surface area contributed by atoms with E-state index in [2.05, 4.69) is 5.10 Å². The first-order valence-electron chi connectivity index (χ1n) is 6.21. The van der Waals surface area contributed by atoms with Gasteiger partial charge in [-0.1, -0.05) is 0 Å². The summed E-state index contributed by atoms with van der Waals surface area (Å²) in [6.45, 7) is 8.35. The lowest BCUT2D eigenvalue weighted by atomic mass is 9.78. The van der Waals surface area contributed by atoms with Crippen LogP contribution in [0.2, 0.25) is 0 Å². The van der Waals surface area contributed by atoms with Crippen LogP contribution in [0.4, 0.5) is 8.78 Å². The highest BCUT2D eigenvalue weighted by molar-refractivity contribution is 6.62. The van der Waals surface area contributed by atoms with Gasteiger partial charge in [-0.25, -0.2) is 0 Å². The Labute approximate surface area is 112 Å². The smallest absolute Gasteiger partial charge is 0.399 e. The number of rotatable bonds is 2. The van der Waals surface area contributed by atoms with Crippen molar-refractivity contribution in [1.82, 2.24) is 9.78 Å². The van der Waals surface area contributed by atoms with Gasteiger partial charge in [0.25, 0.3) is 5.92 Å². The van der Waals surface area contributed by atoms with Gasteiger partial charge in [-0.15, -0.1) is 0 Å². The van der Waals surface area contributed by atoms with Gasteiger partial charge in [0.05, 0.1) is 11.2 Å². The lowest BCUT2D eigenvalue weighted by Gasteiger charge is -2.32. The summed E-state index contributed by atoms with van der Waals surface area (Å²) in [5, 5.41) is 3.83. The molecule has 0 bridgehead atoms. The van der Waals surface area contributed by atoms with Crippen LogP contribution in [0, 0.1) is 0 Å². The Morgan fingerprint density at radius 1 is 1.21 bits per heavy atom. The number of alkyl halides is 2. The van der Waals surface area contributed by atoms with Crippen LogP contribution in [-0.4, -0.2) is 28.1 Å². The average Bonchev–Trinajstić information content (AvgIpc) is 2.65. The molecule has 0 amide bonds. The minimum Gasteiger partial charge on any atom is -0.399 e. The molecule has 1 fully saturated rings. The zero-order valence-corrected chi connectivity index (χ0v) is 12.1. The Bertz CT molecular complexity index is 478. The van der Waals surface area contributed by atoms with Crippen molar-refractivity contribution >= 4 is 12.6 Å². The minimum absolute atomic E-state index is 0.286. The van der Waals surface area contributed by atoms with E-state index in [1.54, 1.807) is 7.05 Å². The summed E-state index contributed by atoms with van der Waals surface area (Å²) in [5.74, 6) is -3.03. The molecule has 1 aliphatic heterocycles. The molecule has 7 heteroatoms. The summed E-state index contributed by atoms with van der Waals surface area (Å²) in [4.78, 5) is 0. The molecule has 0 saturated carbocycles. The van der Waals surface area contributed by atoms with Crippen LogP contribution >= 0.6 is 0 Å². The molecule has 0 radical (unpaired) electrons. The van der Waals surface area contributed by atoms with E-state index in [0.717, 1.165) is 6.92 Å². The molecule has 2 heterocycles. The average molecular weight is 272 g/mol. The van der Waals surface area contributed by atoms with Crippen LogP contribution in [0.3, 0.4) is 0 Å². The van der Waals surface area contributed by atoms with Crippen LogP contribution in [-0.2, 0) is 22.3 Å². The van der Waals surface area contributed by atoms with E-state index < -0.39 is 24.2 Å². The third-order valence-electron chi connectivity index (χ3n) is 3.78. The third-order valence-corrected chi connectivity index (χ3v) is 3.78. The second kappa shape index (κ2) is 4.02. The number of halogens is 2. The van der Waals surface area contributed by atoms with Gasteiger partial charge in [-0.3, -0.25) is 4.68 Å². The van der Waals surface area contributed by atoms with Gasteiger partial charge in [0.1, 0.15) is 5.69 Å². The fourth-order valence-electron chi connectivity index (χ4n) is 1.99. The molecule has 106 valence electrons. The molecular weight excluding hydrogens is 253 g/mol. The van der Waals surface area contributed by atoms with Crippen molar-refractivity contribution in [2.24, 2.45) is 7.05 Å². The van der Waals surface area contributed by atoms with Crippen LogP contribution < -0.4 is 5.46 Å². The fourth-order valence-corrected chi connectivity index (χ4v) is 1.99. The molecule has 0 unspecified atom stereocenters. The molecule has 1 aromatic rings. The molecule has 0 atom stereocenters. The Hall–Kier alpha value is -0.945. The van der Waals surface area contributed by atoms with Crippen LogP contribution in [0.5, 0.6) is 0 Å². The van der Waals surface area contributed by atoms with Gasteiger partial charge in [-0.2, -0.15) is 13.9 Å². The lowest BCUT2D eigenvalue weighted by molar-refractivity contribution is 0.00578.